The molecule has 1 heterocycles. The van der Waals surface area contributed by atoms with E-state index in [1.54, 1.807) is 18.2 Å². The van der Waals surface area contributed by atoms with Crippen molar-refractivity contribution in [3.05, 3.63) is 50.6 Å². The van der Waals surface area contributed by atoms with Gasteiger partial charge in [-0.2, -0.15) is 0 Å². The summed E-state index contributed by atoms with van der Waals surface area (Å²) in [6, 6.07) is 10.7. The van der Waals surface area contributed by atoms with Crippen molar-refractivity contribution in [2.45, 2.75) is 6.92 Å². The van der Waals surface area contributed by atoms with Crippen molar-refractivity contribution in [1.82, 2.24) is 0 Å². The van der Waals surface area contributed by atoms with Gasteiger partial charge in [-0.15, -0.1) is 11.3 Å². The minimum Gasteiger partial charge on any atom is -0.451 e. The molecule has 0 saturated heterocycles. The number of halogens is 1. The van der Waals surface area contributed by atoms with Crippen molar-refractivity contribution in [2.24, 2.45) is 0 Å². The molecule has 104 valence electrons. The van der Waals surface area contributed by atoms with E-state index in [-0.39, 0.29) is 12.5 Å². The van der Waals surface area contributed by atoms with Gasteiger partial charge in [-0.25, -0.2) is 4.79 Å². The molecule has 0 bridgehead atoms. The van der Waals surface area contributed by atoms with Crippen LogP contribution >= 0.6 is 27.3 Å². The Bertz CT molecular complexity index is 622. The highest BCUT2D eigenvalue weighted by molar-refractivity contribution is 9.10. The van der Waals surface area contributed by atoms with E-state index in [9.17, 15) is 9.59 Å². The molecule has 4 nitrogen and oxygen atoms in total. The van der Waals surface area contributed by atoms with Gasteiger partial charge < -0.3 is 10.1 Å². The predicted molar refractivity (Wildman–Crippen MR) is 82.1 cm³/mol. The van der Waals surface area contributed by atoms with E-state index in [0.29, 0.717) is 10.6 Å². The summed E-state index contributed by atoms with van der Waals surface area (Å²) < 4.78 is 5.88. The van der Waals surface area contributed by atoms with Gasteiger partial charge in [0.25, 0.3) is 5.91 Å². The first-order chi connectivity index (χ1) is 9.54. The summed E-state index contributed by atoms with van der Waals surface area (Å²) in [4.78, 5) is 24.8. The van der Waals surface area contributed by atoms with Gasteiger partial charge >= 0.3 is 5.97 Å². The lowest BCUT2D eigenvalue weighted by Gasteiger charge is -2.05. The molecule has 0 fully saturated rings. The molecule has 0 spiro atoms. The van der Waals surface area contributed by atoms with Crippen LogP contribution in [0.4, 0.5) is 5.69 Å². The number of carbonyl (C=O) groups is 2. The molecule has 2 aromatic rings. The Kier molecular flexibility index (Phi) is 4.92. The zero-order valence-electron chi connectivity index (χ0n) is 10.7. The monoisotopic (exact) mass is 353 g/mol. The molecular formula is C14H12BrNO3S. The van der Waals surface area contributed by atoms with Gasteiger partial charge in [-0.3, -0.25) is 4.79 Å². The van der Waals surface area contributed by atoms with Gasteiger partial charge in [0.05, 0.1) is 0 Å². The van der Waals surface area contributed by atoms with Crippen LogP contribution < -0.4 is 5.32 Å². The number of rotatable bonds is 4. The summed E-state index contributed by atoms with van der Waals surface area (Å²) >= 11 is 4.65. The summed E-state index contributed by atoms with van der Waals surface area (Å²) in [5, 5.41) is 2.65. The number of esters is 1. The highest BCUT2D eigenvalue weighted by Gasteiger charge is 2.12. The molecule has 0 aliphatic heterocycles. The maximum absolute atomic E-state index is 11.7. The summed E-state index contributed by atoms with van der Waals surface area (Å²) in [5.41, 5.74) is 0.654. The van der Waals surface area contributed by atoms with Crippen molar-refractivity contribution >= 4 is 44.8 Å². The first-order valence-corrected chi connectivity index (χ1v) is 7.44. The van der Waals surface area contributed by atoms with Crippen LogP contribution in [0.3, 0.4) is 0 Å². The number of carbonyl (C=O) groups excluding carboxylic acids is 2. The fourth-order valence-electron chi connectivity index (χ4n) is 1.48. The highest BCUT2D eigenvalue weighted by atomic mass is 79.9. The molecule has 2 rings (SSSR count). The lowest BCUT2D eigenvalue weighted by molar-refractivity contribution is -0.119. The van der Waals surface area contributed by atoms with Gasteiger partial charge in [-0.05, 0) is 43.3 Å². The molecule has 1 amide bonds. The second-order valence-electron chi connectivity index (χ2n) is 4.04. The second kappa shape index (κ2) is 6.67. The number of anilines is 1. The van der Waals surface area contributed by atoms with Crippen molar-refractivity contribution in [3.8, 4) is 0 Å². The molecule has 20 heavy (non-hydrogen) atoms. The van der Waals surface area contributed by atoms with Crippen molar-refractivity contribution in [2.75, 3.05) is 11.9 Å². The van der Waals surface area contributed by atoms with Crippen LogP contribution in [0.2, 0.25) is 0 Å². The topological polar surface area (TPSA) is 55.4 Å². The third kappa shape index (κ3) is 4.18. The van der Waals surface area contributed by atoms with E-state index in [2.05, 4.69) is 21.2 Å². The fourth-order valence-corrected chi connectivity index (χ4v) is 2.50. The van der Waals surface area contributed by atoms with Crippen LogP contribution in [0.5, 0.6) is 0 Å². The lowest BCUT2D eigenvalue weighted by atomic mass is 10.3. The average molecular weight is 354 g/mol. The van der Waals surface area contributed by atoms with Crippen LogP contribution in [0.25, 0.3) is 0 Å². The zero-order chi connectivity index (χ0) is 14.5. The quantitative estimate of drug-likeness (QED) is 0.854. The summed E-state index contributed by atoms with van der Waals surface area (Å²) in [7, 11) is 0. The average Bonchev–Trinajstić information content (AvgIpc) is 2.85. The van der Waals surface area contributed by atoms with E-state index >= 15 is 0 Å². The summed E-state index contributed by atoms with van der Waals surface area (Å²) in [5.74, 6) is -0.844. The Morgan fingerprint density at radius 1 is 1.20 bits per heavy atom. The number of hydrogen-bond acceptors (Lipinski definition) is 4. The van der Waals surface area contributed by atoms with Crippen LogP contribution in [0.1, 0.15) is 14.5 Å². The number of nitrogens with one attached hydrogen (secondary N) is 1. The van der Waals surface area contributed by atoms with E-state index in [4.69, 9.17) is 4.74 Å². The van der Waals surface area contributed by atoms with Gasteiger partial charge in [0, 0.05) is 15.0 Å². The molecule has 0 atom stereocenters. The maximum Gasteiger partial charge on any atom is 0.348 e. The van der Waals surface area contributed by atoms with Gasteiger partial charge in [0.2, 0.25) is 0 Å². The molecular weight excluding hydrogens is 342 g/mol. The molecule has 1 aromatic heterocycles. The molecule has 6 heteroatoms. The summed E-state index contributed by atoms with van der Waals surface area (Å²) in [6.45, 7) is 1.60. The van der Waals surface area contributed by atoms with Gasteiger partial charge in [0.15, 0.2) is 6.61 Å². The largest absolute Gasteiger partial charge is 0.451 e. The maximum atomic E-state index is 11.7. The highest BCUT2D eigenvalue weighted by Crippen LogP contribution is 2.16. The van der Waals surface area contributed by atoms with E-state index in [0.717, 1.165) is 9.35 Å². The SMILES string of the molecule is Cc1ccc(C(=O)OCC(=O)Nc2ccc(Br)cc2)s1. The van der Waals surface area contributed by atoms with E-state index in [1.165, 1.54) is 11.3 Å². The minimum absolute atomic E-state index is 0.300. The zero-order valence-corrected chi connectivity index (χ0v) is 13.1. The molecule has 0 unspecified atom stereocenters. The number of aryl methyl sites for hydroxylation is 1. The molecule has 0 radical (unpaired) electrons. The number of hydrogen-bond donors (Lipinski definition) is 1. The summed E-state index contributed by atoms with van der Waals surface area (Å²) in [6.07, 6.45) is 0. The number of thiophene rings is 1. The van der Waals surface area contributed by atoms with E-state index < -0.39 is 5.97 Å². The third-order valence-corrected chi connectivity index (χ3v) is 3.91. The smallest absolute Gasteiger partial charge is 0.348 e. The van der Waals surface area contributed by atoms with Crippen molar-refractivity contribution in [1.29, 1.82) is 0 Å². The van der Waals surface area contributed by atoms with E-state index in [1.807, 2.05) is 25.1 Å². The Morgan fingerprint density at radius 2 is 1.90 bits per heavy atom. The van der Waals surface area contributed by atoms with Crippen molar-refractivity contribution < 1.29 is 14.3 Å². The van der Waals surface area contributed by atoms with Crippen LogP contribution in [-0.4, -0.2) is 18.5 Å². The number of benzene rings is 1. The Balaban J connectivity index is 1.83. The molecule has 0 aliphatic carbocycles. The van der Waals surface area contributed by atoms with Crippen molar-refractivity contribution in [3.63, 3.8) is 0 Å². The minimum atomic E-state index is -0.478. The molecule has 0 saturated carbocycles. The van der Waals surface area contributed by atoms with Crippen LogP contribution in [-0.2, 0) is 9.53 Å². The number of amides is 1. The van der Waals surface area contributed by atoms with Crippen LogP contribution in [0, 0.1) is 6.92 Å². The van der Waals surface area contributed by atoms with Gasteiger partial charge in [-0.1, -0.05) is 15.9 Å². The predicted octanol–water partition coefficient (Wildman–Crippen LogP) is 3.61. The number of ether oxygens (including phenoxy) is 1. The second-order valence-corrected chi connectivity index (χ2v) is 6.25. The first kappa shape index (κ1) is 14.7. The lowest BCUT2D eigenvalue weighted by Crippen LogP contribution is -2.20. The van der Waals surface area contributed by atoms with Crippen LogP contribution in [0.15, 0.2) is 40.9 Å². The molecule has 1 N–H and O–H groups in total. The Hall–Kier alpha value is -1.66. The third-order valence-electron chi connectivity index (χ3n) is 2.40. The molecule has 1 aromatic carbocycles. The normalized spacial score (nSPS) is 10.1. The standard InChI is InChI=1S/C14H12BrNO3S/c1-9-2-7-12(20-9)14(18)19-8-13(17)16-11-5-3-10(15)4-6-11/h2-7H,8H2,1H3,(H,16,17). The Morgan fingerprint density at radius 3 is 2.50 bits per heavy atom. The fraction of sp³-hybridized carbons (Fsp3) is 0.143. The Labute approximate surface area is 128 Å². The molecule has 0 aliphatic rings. The first-order valence-electron chi connectivity index (χ1n) is 5.83. The van der Waals surface area contributed by atoms with Gasteiger partial charge in [0.1, 0.15) is 4.88 Å².